The fourth-order valence-electron chi connectivity index (χ4n) is 1.72. The molecule has 0 saturated heterocycles. The highest BCUT2D eigenvalue weighted by Gasteiger charge is 2.19. The van der Waals surface area contributed by atoms with E-state index in [1.165, 1.54) is 0 Å². The van der Waals surface area contributed by atoms with E-state index in [0.717, 1.165) is 23.3 Å². The second kappa shape index (κ2) is 7.81. The van der Waals surface area contributed by atoms with Gasteiger partial charge in [0.15, 0.2) is 0 Å². The van der Waals surface area contributed by atoms with E-state index in [9.17, 15) is 0 Å². The highest BCUT2D eigenvalue weighted by Crippen LogP contribution is 2.23. The third kappa shape index (κ3) is 4.06. The summed E-state index contributed by atoms with van der Waals surface area (Å²) in [6.45, 7) is 4.96. The maximum absolute atomic E-state index is 5.24. The Morgan fingerprint density at radius 3 is 2.82 bits per heavy atom. The lowest BCUT2D eigenvalue weighted by Gasteiger charge is -2.19. The first-order chi connectivity index (χ1) is 8.24. The number of nitrogens with zero attached hydrogens (tertiary/aromatic N) is 2. The van der Waals surface area contributed by atoms with Crippen LogP contribution in [-0.2, 0) is 16.0 Å². The minimum absolute atomic E-state index is 0.138. The van der Waals surface area contributed by atoms with E-state index in [1.54, 1.807) is 14.2 Å². The molecule has 0 aromatic carbocycles. The molecule has 0 saturated carbocycles. The van der Waals surface area contributed by atoms with Gasteiger partial charge in [-0.3, -0.25) is 4.68 Å². The van der Waals surface area contributed by atoms with Crippen LogP contribution in [0, 0.1) is 0 Å². The Hall–Kier alpha value is -0.430. The van der Waals surface area contributed by atoms with Crippen LogP contribution in [0.5, 0.6) is 0 Å². The van der Waals surface area contributed by atoms with Gasteiger partial charge in [0, 0.05) is 14.2 Å². The van der Waals surface area contributed by atoms with Gasteiger partial charge in [-0.25, -0.2) is 0 Å². The van der Waals surface area contributed by atoms with E-state index in [-0.39, 0.29) is 6.04 Å². The van der Waals surface area contributed by atoms with Crippen molar-refractivity contribution in [2.24, 2.45) is 0 Å². The molecule has 98 valence electrons. The van der Waals surface area contributed by atoms with Crippen molar-refractivity contribution >= 4 is 15.9 Å². The SMILES string of the molecule is CCNC(COC)c1c(Br)cnn1CCOC. The summed E-state index contributed by atoms with van der Waals surface area (Å²) in [6, 6.07) is 0.138. The van der Waals surface area contributed by atoms with Gasteiger partial charge in [0.25, 0.3) is 0 Å². The van der Waals surface area contributed by atoms with E-state index in [1.807, 2.05) is 10.9 Å². The third-order valence-corrected chi connectivity index (χ3v) is 3.07. The molecule has 1 rings (SSSR count). The molecule has 0 aliphatic heterocycles. The van der Waals surface area contributed by atoms with Crippen LogP contribution in [0.15, 0.2) is 10.7 Å². The lowest BCUT2D eigenvalue weighted by molar-refractivity contribution is 0.158. The highest BCUT2D eigenvalue weighted by molar-refractivity contribution is 9.10. The van der Waals surface area contributed by atoms with Crippen LogP contribution in [0.3, 0.4) is 0 Å². The quantitative estimate of drug-likeness (QED) is 0.792. The topological polar surface area (TPSA) is 48.3 Å². The molecule has 1 aromatic heterocycles. The number of aromatic nitrogens is 2. The van der Waals surface area contributed by atoms with Gasteiger partial charge in [-0.1, -0.05) is 6.92 Å². The molecule has 1 N–H and O–H groups in total. The van der Waals surface area contributed by atoms with Crippen molar-refractivity contribution < 1.29 is 9.47 Å². The van der Waals surface area contributed by atoms with Crippen LogP contribution < -0.4 is 5.32 Å². The largest absolute Gasteiger partial charge is 0.383 e. The van der Waals surface area contributed by atoms with Crippen LogP contribution in [-0.4, -0.2) is 43.8 Å². The van der Waals surface area contributed by atoms with Gasteiger partial charge in [0.05, 0.1) is 42.2 Å². The van der Waals surface area contributed by atoms with Crippen molar-refractivity contribution in [2.75, 3.05) is 34.0 Å². The van der Waals surface area contributed by atoms with Crippen molar-refractivity contribution in [3.63, 3.8) is 0 Å². The Labute approximate surface area is 111 Å². The molecule has 1 aromatic rings. The average molecular weight is 306 g/mol. The van der Waals surface area contributed by atoms with Gasteiger partial charge in [-0.2, -0.15) is 5.10 Å². The van der Waals surface area contributed by atoms with Crippen LogP contribution in [0.1, 0.15) is 18.7 Å². The molecule has 1 unspecified atom stereocenters. The smallest absolute Gasteiger partial charge is 0.0740 e. The van der Waals surface area contributed by atoms with Gasteiger partial charge in [0.2, 0.25) is 0 Å². The predicted octanol–water partition coefficient (Wildman–Crippen LogP) is 1.59. The van der Waals surface area contributed by atoms with Crippen LogP contribution in [0.4, 0.5) is 0 Å². The molecule has 6 heteroatoms. The van der Waals surface area contributed by atoms with Crippen LogP contribution in [0.2, 0.25) is 0 Å². The fraction of sp³-hybridized carbons (Fsp3) is 0.727. The number of rotatable bonds is 8. The van der Waals surface area contributed by atoms with Gasteiger partial charge < -0.3 is 14.8 Å². The second-order valence-corrected chi connectivity index (χ2v) is 4.51. The number of methoxy groups -OCH3 is 2. The molecule has 5 nitrogen and oxygen atoms in total. The Morgan fingerprint density at radius 1 is 1.47 bits per heavy atom. The number of hydrogen-bond acceptors (Lipinski definition) is 4. The molecule has 1 atom stereocenters. The average Bonchev–Trinajstić information content (AvgIpc) is 2.67. The van der Waals surface area contributed by atoms with E-state index >= 15 is 0 Å². The first-order valence-corrected chi connectivity index (χ1v) is 6.46. The Morgan fingerprint density at radius 2 is 2.24 bits per heavy atom. The molecule has 0 aliphatic rings. The summed E-state index contributed by atoms with van der Waals surface area (Å²) in [4.78, 5) is 0. The molecular formula is C11H20BrN3O2. The first-order valence-electron chi connectivity index (χ1n) is 5.67. The lowest BCUT2D eigenvalue weighted by atomic mass is 10.2. The molecule has 0 aliphatic carbocycles. The molecular weight excluding hydrogens is 286 g/mol. The second-order valence-electron chi connectivity index (χ2n) is 3.66. The van der Waals surface area contributed by atoms with Crippen molar-refractivity contribution in [3.05, 3.63) is 16.4 Å². The maximum Gasteiger partial charge on any atom is 0.0740 e. The summed E-state index contributed by atoms with van der Waals surface area (Å²) in [7, 11) is 3.39. The highest BCUT2D eigenvalue weighted by atomic mass is 79.9. The molecule has 0 bridgehead atoms. The third-order valence-electron chi connectivity index (χ3n) is 2.45. The molecule has 17 heavy (non-hydrogen) atoms. The Bertz CT molecular complexity index is 325. The summed E-state index contributed by atoms with van der Waals surface area (Å²) in [5.41, 5.74) is 1.10. The van der Waals surface area contributed by atoms with Gasteiger partial charge in [0.1, 0.15) is 0 Å². The molecule has 0 radical (unpaired) electrons. The molecule has 0 spiro atoms. The number of likely N-dealkylation sites (N-methyl/N-ethyl adjacent to an activating group) is 1. The van der Waals surface area contributed by atoms with Crippen molar-refractivity contribution in [1.82, 2.24) is 15.1 Å². The van der Waals surface area contributed by atoms with E-state index in [2.05, 4.69) is 33.3 Å². The maximum atomic E-state index is 5.24. The first kappa shape index (κ1) is 14.6. The molecule has 1 heterocycles. The lowest BCUT2D eigenvalue weighted by Crippen LogP contribution is -2.28. The predicted molar refractivity (Wildman–Crippen MR) is 70.1 cm³/mol. The van der Waals surface area contributed by atoms with Crippen LogP contribution >= 0.6 is 15.9 Å². The van der Waals surface area contributed by atoms with E-state index in [0.29, 0.717) is 13.2 Å². The van der Waals surface area contributed by atoms with Gasteiger partial charge in [-0.15, -0.1) is 0 Å². The summed E-state index contributed by atoms with van der Waals surface area (Å²) < 4.78 is 13.3. The van der Waals surface area contributed by atoms with Gasteiger partial charge in [-0.05, 0) is 22.5 Å². The minimum Gasteiger partial charge on any atom is -0.383 e. The summed E-state index contributed by atoms with van der Waals surface area (Å²) >= 11 is 3.53. The Balaban J connectivity index is 2.86. The van der Waals surface area contributed by atoms with E-state index < -0.39 is 0 Å². The van der Waals surface area contributed by atoms with Crippen LogP contribution in [0.25, 0.3) is 0 Å². The number of nitrogens with one attached hydrogen (secondary N) is 1. The standard InChI is InChI=1S/C11H20BrN3O2/c1-4-13-10(8-17-3)11-9(12)7-14-15(11)5-6-16-2/h7,10,13H,4-6,8H2,1-3H3. The summed E-state index contributed by atoms with van der Waals surface area (Å²) in [6.07, 6.45) is 1.81. The molecule has 0 fully saturated rings. The zero-order valence-corrected chi connectivity index (χ0v) is 12.2. The van der Waals surface area contributed by atoms with Crippen molar-refractivity contribution in [2.45, 2.75) is 19.5 Å². The zero-order chi connectivity index (χ0) is 12.7. The van der Waals surface area contributed by atoms with Crippen molar-refractivity contribution in [1.29, 1.82) is 0 Å². The normalized spacial score (nSPS) is 12.9. The van der Waals surface area contributed by atoms with Gasteiger partial charge >= 0.3 is 0 Å². The number of halogens is 1. The monoisotopic (exact) mass is 305 g/mol. The zero-order valence-electron chi connectivity index (χ0n) is 10.6. The summed E-state index contributed by atoms with van der Waals surface area (Å²) in [5.74, 6) is 0. The van der Waals surface area contributed by atoms with Crippen molar-refractivity contribution in [3.8, 4) is 0 Å². The Kier molecular flexibility index (Phi) is 6.72. The molecule has 0 amide bonds. The van der Waals surface area contributed by atoms with E-state index in [4.69, 9.17) is 9.47 Å². The number of ether oxygens (including phenoxy) is 2. The number of hydrogen-bond donors (Lipinski definition) is 1. The summed E-state index contributed by atoms with van der Waals surface area (Å²) in [5, 5.41) is 7.72. The minimum atomic E-state index is 0.138. The fourth-order valence-corrected chi connectivity index (χ4v) is 2.29.